The summed E-state index contributed by atoms with van der Waals surface area (Å²) in [6, 6.07) is 2.90. The molecule has 0 aromatic carbocycles. The first kappa shape index (κ1) is 16.2. The van der Waals surface area contributed by atoms with Gasteiger partial charge in [0.25, 0.3) is 0 Å². The fourth-order valence-corrected chi connectivity index (χ4v) is 6.72. The molecule has 0 amide bonds. The Morgan fingerprint density at radius 2 is 2.00 bits per heavy atom. The van der Waals surface area contributed by atoms with Crippen LogP contribution in [0.2, 0.25) is 0 Å². The summed E-state index contributed by atoms with van der Waals surface area (Å²) < 4.78 is 2.73. The van der Waals surface area contributed by atoms with Crippen LogP contribution in [0.25, 0.3) is 16.5 Å². The number of hydrogen-bond donors (Lipinski definition) is 0. The summed E-state index contributed by atoms with van der Waals surface area (Å²) in [5.41, 5.74) is 5.96. The van der Waals surface area contributed by atoms with E-state index >= 15 is 0 Å². The van der Waals surface area contributed by atoms with Crippen LogP contribution in [0.4, 0.5) is 0 Å². The van der Waals surface area contributed by atoms with Gasteiger partial charge in [-0.05, 0) is 73.5 Å². The van der Waals surface area contributed by atoms with Crippen molar-refractivity contribution in [3.05, 3.63) is 47.9 Å². The predicted molar refractivity (Wildman–Crippen MR) is 112 cm³/mol. The van der Waals surface area contributed by atoms with Crippen LogP contribution in [0.3, 0.4) is 0 Å². The van der Waals surface area contributed by atoms with Crippen LogP contribution in [0.5, 0.6) is 0 Å². The maximum Gasteiger partial charge on any atom is 0.0524 e. The van der Waals surface area contributed by atoms with Crippen LogP contribution in [-0.4, -0.2) is 9.55 Å². The van der Waals surface area contributed by atoms with Gasteiger partial charge >= 0.3 is 0 Å². The predicted octanol–water partition coefficient (Wildman–Crippen LogP) is 6.47. The van der Waals surface area contributed by atoms with Crippen molar-refractivity contribution in [2.24, 2.45) is 17.8 Å². The fourth-order valence-electron chi connectivity index (χ4n) is 6.72. The third-order valence-corrected chi connectivity index (χ3v) is 7.91. The summed E-state index contributed by atoms with van der Waals surface area (Å²) in [6.45, 7) is 0. The van der Waals surface area contributed by atoms with Crippen LogP contribution >= 0.6 is 0 Å². The minimum Gasteiger partial charge on any atom is -0.336 e. The monoisotopic (exact) mass is 358 g/mol. The van der Waals surface area contributed by atoms with Crippen molar-refractivity contribution >= 4 is 16.5 Å². The normalized spacial score (nSPS) is 30.1. The SMILES string of the molecule is C1=CC2CC(CC3CCCC3)CCC2n2c3c(c4cnccc42)CCC=C13. The second-order valence-corrected chi connectivity index (χ2v) is 9.44. The highest BCUT2D eigenvalue weighted by Crippen LogP contribution is 2.48. The summed E-state index contributed by atoms with van der Waals surface area (Å²) in [5.74, 6) is 2.67. The van der Waals surface area contributed by atoms with Gasteiger partial charge in [0.15, 0.2) is 0 Å². The number of hydrogen-bond acceptors (Lipinski definition) is 1. The standard InChI is InChI=1S/C25H30N2/c1-2-5-17(4-1)14-18-8-11-23-20(15-18)10-9-19-6-3-7-21-22-16-26-13-12-24(22)27(23)25(19)21/h6,9-10,12-13,16-18,20,23H,1-5,7-8,11,14-15H2. The van der Waals surface area contributed by atoms with Gasteiger partial charge in [-0.1, -0.05) is 43.9 Å². The van der Waals surface area contributed by atoms with Gasteiger partial charge in [0.1, 0.15) is 0 Å². The summed E-state index contributed by atoms with van der Waals surface area (Å²) in [6.07, 6.45) is 25.5. The van der Waals surface area contributed by atoms with E-state index in [4.69, 9.17) is 0 Å². The highest BCUT2D eigenvalue weighted by molar-refractivity contribution is 5.92. The molecular weight excluding hydrogens is 328 g/mol. The lowest BCUT2D eigenvalue weighted by atomic mass is 9.74. The Morgan fingerprint density at radius 1 is 1.07 bits per heavy atom. The number of fused-ring (bicyclic) bond motifs is 5. The fraction of sp³-hybridized carbons (Fsp3) is 0.560. The van der Waals surface area contributed by atoms with Crippen LogP contribution < -0.4 is 0 Å². The van der Waals surface area contributed by atoms with Gasteiger partial charge < -0.3 is 4.57 Å². The van der Waals surface area contributed by atoms with E-state index in [0.717, 1.165) is 11.8 Å². The van der Waals surface area contributed by atoms with E-state index < -0.39 is 0 Å². The molecule has 27 heavy (non-hydrogen) atoms. The van der Waals surface area contributed by atoms with E-state index in [0.29, 0.717) is 12.0 Å². The minimum absolute atomic E-state index is 0.638. The molecular formula is C25H30N2. The topological polar surface area (TPSA) is 17.8 Å². The van der Waals surface area contributed by atoms with E-state index in [1.54, 1.807) is 5.56 Å². The Morgan fingerprint density at radius 3 is 2.93 bits per heavy atom. The van der Waals surface area contributed by atoms with Crippen molar-refractivity contribution in [2.45, 2.75) is 70.3 Å². The second-order valence-electron chi connectivity index (χ2n) is 9.44. The number of pyridine rings is 1. The maximum absolute atomic E-state index is 4.46. The van der Waals surface area contributed by atoms with Crippen molar-refractivity contribution in [3.63, 3.8) is 0 Å². The van der Waals surface area contributed by atoms with Gasteiger partial charge in [-0.3, -0.25) is 4.98 Å². The van der Waals surface area contributed by atoms with Crippen molar-refractivity contribution < 1.29 is 0 Å². The molecule has 2 heteroatoms. The zero-order valence-electron chi connectivity index (χ0n) is 16.2. The number of rotatable bonds is 2. The Bertz CT molecular complexity index is 925. The smallest absolute Gasteiger partial charge is 0.0524 e. The molecule has 2 fully saturated rings. The summed E-state index contributed by atoms with van der Waals surface area (Å²) in [5, 5.41) is 1.40. The Balaban J connectivity index is 1.40. The lowest BCUT2D eigenvalue weighted by Gasteiger charge is -2.37. The van der Waals surface area contributed by atoms with Crippen LogP contribution in [0.1, 0.15) is 75.1 Å². The van der Waals surface area contributed by atoms with Crippen molar-refractivity contribution in [1.82, 2.24) is 9.55 Å². The Kier molecular flexibility index (Phi) is 3.80. The number of allylic oxidation sites excluding steroid dienone is 4. The molecule has 6 rings (SSSR count). The zero-order chi connectivity index (χ0) is 17.8. The van der Waals surface area contributed by atoms with Crippen LogP contribution in [-0.2, 0) is 6.42 Å². The minimum atomic E-state index is 0.638. The molecule has 3 atom stereocenters. The molecule has 0 saturated heterocycles. The molecule has 2 nitrogen and oxygen atoms in total. The van der Waals surface area contributed by atoms with Crippen molar-refractivity contribution in [2.75, 3.05) is 0 Å². The average molecular weight is 359 g/mol. The van der Waals surface area contributed by atoms with Gasteiger partial charge in [-0.15, -0.1) is 0 Å². The highest BCUT2D eigenvalue weighted by atomic mass is 15.0. The molecule has 3 aliphatic carbocycles. The molecule has 4 aliphatic rings. The van der Waals surface area contributed by atoms with Crippen LogP contribution in [0, 0.1) is 17.8 Å². The maximum atomic E-state index is 4.46. The van der Waals surface area contributed by atoms with Gasteiger partial charge in [-0.2, -0.15) is 0 Å². The lowest BCUT2D eigenvalue weighted by molar-refractivity contribution is 0.195. The first-order valence-corrected chi connectivity index (χ1v) is 11.2. The van der Waals surface area contributed by atoms with Gasteiger partial charge in [0, 0.05) is 23.8 Å². The Labute approximate surface area is 162 Å². The molecule has 2 aromatic rings. The zero-order valence-corrected chi connectivity index (χ0v) is 16.2. The van der Waals surface area contributed by atoms with E-state index in [9.17, 15) is 0 Å². The highest BCUT2D eigenvalue weighted by Gasteiger charge is 2.36. The Hall–Kier alpha value is -1.83. The number of aromatic nitrogens is 2. The summed E-state index contributed by atoms with van der Waals surface area (Å²) in [4.78, 5) is 4.46. The summed E-state index contributed by atoms with van der Waals surface area (Å²) in [7, 11) is 0. The second kappa shape index (κ2) is 6.36. The molecule has 0 spiro atoms. The third kappa shape index (κ3) is 2.56. The van der Waals surface area contributed by atoms with E-state index in [1.807, 2.05) is 6.20 Å². The molecule has 0 bridgehead atoms. The molecule has 3 unspecified atom stereocenters. The van der Waals surface area contributed by atoms with E-state index in [2.05, 4.69) is 40.0 Å². The van der Waals surface area contributed by atoms with Crippen molar-refractivity contribution in [3.8, 4) is 0 Å². The summed E-state index contributed by atoms with van der Waals surface area (Å²) >= 11 is 0. The van der Waals surface area contributed by atoms with Crippen molar-refractivity contribution in [1.29, 1.82) is 0 Å². The quantitative estimate of drug-likeness (QED) is 0.601. The molecule has 2 saturated carbocycles. The van der Waals surface area contributed by atoms with Gasteiger partial charge in [-0.25, -0.2) is 0 Å². The number of nitrogens with zero attached hydrogens (tertiary/aromatic N) is 2. The van der Waals surface area contributed by atoms with E-state index in [1.165, 1.54) is 86.4 Å². The molecule has 2 aromatic heterocycles. The molecule has 140 valence electrons. The van der Waals surface area contributed by atoms with Crippen LogP contribution in [0.15, 0.2) is 36.7 Å². The molecule has 0 N–H and O–H groups in total. The average Bonchev–Trinajstić information content (AvgIpc) is 3.28. The number of aryl methyl sites for hydroxylation is 1. The first-order chi connectivity index (χ1) is 13.4. The largest absolute Gasteiger partial charge is 0.336 e. The lowest BCUT2D eigenvalue weighted by Crippen LogP contribution is -2.27. The first-order valence-electron chi connectivity index (χ1n) is 11.2. The molecule has 3 heterocycles. The third-order valence-electron chi connectivity index (χ3n) is 7.91. The van der Waals surface area contributed by atoms with Gasteiger partial charge in [0.2, 0.25) is 0 Å². The van der Waals surface area contributed by atoms with Gasteiger partial charge in [0.05, 0.1) is 11.2 Å². The molecule has 0 radical (unpaired) electrons. The van der Waals surface area contributed by atoms with E-state index in [-0.39, 0.29) is 0 Å². The molecule has 1 aliphatic heterocycles.